The molecule has 0 aliphatic heterocycles. The van der Waals surface area contributed by atoms with Gasteiger partial charge in [0.15, 0.2) is 0 Å². The van der Waals surface area contributed by atoms with Gasteiger partial charge in [-0.05, 0) is 31.6 Å². The van der Waals surface area contributed by atoms with E-state index in [1.807, 2.05) is 4.68 Å². The third-order valence-corrected chi connectivity index (χ3v) is 3.22. The van der Waals surface area contributed by atoms with E-state index in [-0.39, 0.29) is 6.61 Å². The fourth-order valence-corrected chi connectivity index (χ4v) is 2.00. The monoisotopic (exact) mass is 223 g/mol. The summed E-state index contributed by atoms with van der Waals surface area (Å²) in [5.74, 6) is 0.814. The third-order valence-electron chi connectivity index (χ3n) is 3.22. The number of hydrogen-bond donors (Lipinski definition) is 1. The number of hydrogen-bond acceptors (Lipinski definition) is 3. The first-order chi connectivity index (χ1) is 7.85. The normalized spacial score (nSPS) is 15.6. The Morgan fingerprint density at radius 2 is 2.19 bits per heavy atom. The van der Waals surface area contributed by atoms with Crippen LogP contribution in [0.3, 0.4) is 0 Å². The Balaban J connectivity index is 2.00. The molecule has 1 saturated carbocycles. The van der Waals surface area contributed by atoms with Gasteiger partial charge in [-0.25, -0.2) is 4.68 Å². The molecule has 0 amide bonds. The van der Waals surface area contributed by atoms with Gasteiger partial charge in [-0.1, -0.05) is 25.0 Å². The van der Waals surface area contributed by atoms with Crippen LogP contribution < -0.4 is 0 Å². The maximum atomic E-state index is 9.22. The molecule has 1 aromatic rings. The van der Waals surface area contributed by atoms with Gasteiger partial charge < -0.3 is 5.11 Å². The number of aryl methyl sites for hydroxylation is 1. The SMILES string of the molecule is CCCCCn1nnc(CO)c1CC1CC1. The maximum Gasteiger partial charge on any atom is 0.111 e. The number of rotatable bonds is 7. The van der Waals surface area contributed by atoms with Crippen LogP contribution in [-0.4, -0.2) is 20.1 Å². The minimum atomic E-state index is 0.0236. The predicted octanol–water partition coefficient (Wildman–Crippen LogP) is 1.91. The smallest absolute Gasteiger partial charge is 0.111 e. The summed E-state index contributed by atoms with van der Waals surface area (Å²) in [7, 11) is 0. The molecule has 4 heteroatoms. The highest BCUT2D eigenvalue weighted by molar-refractivity contribution is 5.11. The Morgan fingerprint density at radius 3 is 2.81 bits per heavy atom. The first-order valence-electron chi connectivity index (χ1n) is 6.37. The molecule has 0 bridgehead atoms. The summed E-state index contributed by atoms with van der Waals surface area (Å²) in [5.41, 5.74) is 1.95. The van der Waals surface area contributed by atoms with E-state index in [1.165, 1.54) is 31.4 Å². The molecule has 0 unspecified atom stereocenters. The zero-order valence-corrected chi connectivity index (χ0v) is 10.0. The van der Waals surface area contributed by atoms with Crippen LogP contribution in [-0.2, 0) is 19.6 Å². The standard InChI is InChI=1S/C12H21N3O/c1-2-3-4-7-15-12(8-10-5-6-10)11(9-16)13-14-15/h10,16H,2-9H2,1H3. The predicted molar refractivity (Wildman–Crippen MR) is 61.9 cm³/mol. The molecule has 0 radical (unpaired) electrons. The molecule has 1 aromatic heterocycles. The van der Waals surface area contributed by atoms with Crippen LogP contribution in [0.2, 0.25) is 0 Å². The van der Waals surface area contributed by atoms with E-state index in [1.54, 1.807) is 0 Å². The average molecular weight is 223 g/mol. The van der Waals surface area contributed by atoms with Crippen LogP contribution in [0.4, 0.5) is 0 Å². The third kappa shape index (κ3) is 2.82. The quantitative estimate of drug-likeness (QED) is 0.718. The van der Waals surface area contributed by atoms with E-state index in [2.05, 4.69) is 17.2 Å². The van der Waals surface area contributed by atoms with E-state index in [4.69, 9.17) is 0 Å². The second-order valence-corrected chi connectivity index (χ2v) is 4.72. The lowest BCUT2D eigenvalue weighted by atomic mass is 10.1. The molecule has 90 valence electrons. The number of aliphatic hydroxyl groups excluding tert-OH is 1. The highest BCUT2D eigenvalue weighted by Crippen LogP contribution is 2.33. The molecular formula is C12H21N3O. The van der Waals surface area contributed by atoms with Gasteiger partial charge >= 0.3 is 0 Å². The molecule has 1 fully saturated rings. The summed E-state index contributed by atoms with van der Waals surface area (Å²) < 4.78 is 2.00. The van der Waals surface area contributed by atoms with Gasteiger partial charge in [0.2, 0.25) is 0 Å². The van der Waals surface area contributed by atoms with Crippen molar-refractivity contribution in [3.63, 3.8) is 0 Å². The molecule has 0 spiro atoms. The van der Waals surface area contributed by atoms with Gasteiger partial charge in [-0.15, -0.1) is 5.10 Å². The summed E-state index contributed by atoms with van der Waals surface area (Å²) in [6.07, 6.45) is 7.31. The lowest BCUT2D eigenvalue weighted by molar-refractivity contribution is 0.275. The zero-order valence-electron chi connectivity index (χ0n) is 10.0. The molecule has 1 N–H and O–H groups in total. The van der Waals surface area contributed by atoms with Gasteiger partial charge in [0.25, 0.3) is 0 Å². The molecule has 1 aliphatic carbocycles. The van der Waals surface area contributed by atoms with Crippen molar-refractivity contribution in [3.8, 4) is 0 Å². The maximum absolute atomic E-state index is 9.22. The van der Waals surface area contributed by atoms with Gasteiger partial charge in [-0.3, -0.25) is 0 Å². The van der Waals surface area contributed by atoms with E-state index < -0.39 is 0 Å². The molecule has 2 rings (SSSR count). The topological polar surface area (TPSA) is 50.9 Å². The van der Waals surface area contributed by atoms with Crippen LogP contribution in [0.15, 0.2) is 0 Å². The largest absolute Gasteiger partial charge is 0.390 e. The van der Waals surface area contributed by atoms with Gasteiger partial charge in [0.05, 0.1) is 12.3 Å². The van der Waals surface area contributed by atoms with Crippen molar-refractivity contribution in [2.24, 2.45) is 5.92 Å². The summed E-state index contributed by atoms with van der Waals surface area (Å²) >= 11 is 0. The van der Waals surface area contributed by atoms with E-state index in [9.17, 15) is 5.11 Å². The molecule has 1 aliphatic rings. The number of aliphatic hydroxyl groups is 1. The number of nitrogens with zero attached hydrogens (tertiary/aromatic N) is 3. The van der Waals surface area contributed by atoms with E-state index in [0.717, 1.165) is 31.0 Å². The summed E-state index contributed by atoms with van der Waals surface area (Å²) in [4.78, 5) is 0. The van der Waals surface area contributed by atoms with Gasteiger partial charge in [0, 0.05) is 6.54 Å². The van der Waals surface area contributed by atoms with Crippen molar-refractivity contribution in [3.05, 3.63) is 11.4 Å². The Labute approximate surface area is 96.7 Å². The van der Waals surface area contributed by atoms with E-state index in [0.29, 0.717) is 0 Å². The second-order valence-electron chi connectivity index (χ2n) is 4.72. The lowest BCUT2D eigenvalue weighted by Gasteiger charge is -2.06. The minimum Gasteiger partial charge on any atom is -0.390 e. The van der Waals surface area contributed by atoms with Crippen LogP contribution in [0.5, 0.6) is 0 Å². The molecule has 0 atom stereocenters. The first-order valence-corrected chi connectivity index (χ1v) is 6.37. The molecule has 4 nitrogen and oxygen atoms in total. The second kappa shape index (κ2) is 5.43. The fourth-order valence-electron chi connectivity index (χ4n) is 2.00. The Hall–Kier alpha value is -0.900. The molecular weight excluding hydrogens is 202 g/mol. The highest BCUT2D eigenvalue weighted by Gasteiger charge is 2.25. The molecule has 0 aromatic carbocycles. The van der Waals surface area contributed by atoms with Gasteiger partial charge in [-0.2, -0.15) is 0 Å². The van der Waals surface area contributed by atoms with Crippen molar-refractivity contribution in [2.45, 2.75) is 58.6 Å². The van der Waals surface area contributed by atoms with Crippen molar-refractivity contribution in [2.75, 3.05) is 0 Å². The van der Waals surface area contributed by atoms with Crippen LogP contribution >= 0.6 is 0 Å². The number of aromatic nitrogens is 3. The van der Waals surface area contributed by atoms with Crippen LogP contribution in [0.1, 0.15) is 50.4 Å². The first kappa shape index (κ1) is 11.6. The fraction of sp³-hybridized carbons (Fsp3) is 0.833. The van der Waals surface area contributed by atoms with Gasteiger partial charge in [0.1, 0.15) is 5.69 Å². The Morgan fingerprint density at radius 1 is 1.38 bits per heavy atom. The zero-order chi connectivity index (χ0) is 11.4. The molecule has 1 heterocycles. The highest BCUT2D eigenvalue weighted by atomic mass is 16.3. The van der Waals surface area contributed by atoms with Crippen molar-refractivity contribution in [1.29, 1.82) is 0 Å². The van der Waals surface area contributed by atoms with Crippen molar-refractivity contribution >= 4 is 0 Å². The van der Waals surface area contributed by atoms with E-state index >= 15 is 0 Å². The molecule has 16 heavy (non-hydrogen) atoms. The number of unbranched alkanes of at least 4 members (excludes halogenated alkanes) is 2. The lowest BCUT2D eigenvalue weighted by Crippen LogP contribution is -2.07. The Kier molecular flexibility index (Phi) is 3.93. The van der Waals surface area contributed by atoms with Crippen LogP contribution in [0.25, 0.3) is 0 Å². The van der Waals surface area contributed by atoms with Crippen molar-refractivity contribution in [1.82, 2.24) is 15.0 Å². The molecule has 0 saturated heterocycles. The minimum absolute atomic E-state index is 0.0236. The summed E-state index contributed by atoms with van der Waals surface area (Å²) in [6.45, 7) is 3.17. The Bertz CT molecular complexity index is 331. The summed E-state index contributed by atoms with van der Waals surface area (Å²) in [5, 5.41) is 17.4. The van der Waals surface area contributed by atoms with Crippen LogP contribution in [0, 0.1) is 5.92 Å². The van der Waals surface area contributed by atoms with Crippen molar-refractivity contribution < 1.29 is 5.11 Å². The average Bonchev–Trinajstić information content (AvgIpc) is 3.02. The summed E-state index contributed by atoms with van der Waals surface area (Å²) in [6, 6.07) is 0.